The summed E-state index contributed by atoms with van der Waals surface area (Å²) in [5.74, 6) is 0.147. The minimum atomic E-state index is -0.552. The number of benzene rings is 1. The number of anilines is 1. The minimum absolute atomic E-state index is 0.147. The fourth-order valence-corrected chi connectivity index (χ4v) is 3.49. The van der Waals surface area contributed by atoms with Crippen molar-refractivity contribution in [2.45, 2.75) is 13.0 Å². The first kappa shape index (κ1) is 15.1. The quantitative estimate of drug-likeness (QED) is 0.946. The molecular formula is C17H20N2O2S. The molecule has 1 unspecified atom stereocenters. The predicted molar refractivity (Wildman–Crippen MR) is 89.3 cm³/mol. The first-order valence-corrected chi connectivity index (χ1v) is 8.35. The van der Waals surface area contributed by atoms with Gasteiger partial charge in [-0.25, -0.2) is 0 Å². The number of thiophene rings is 1. The zero-order valence-corrected chi connectivity index (χ0v) is 13.4. The Morgan fingerprint density at radius 1 is 1.14 bits per heavy atom. The summed E-state index contributed by atoms with van der Waals surface area (Å²) in [7, 11) is 0. The molecule has 3 rings (SSSR count). The van der Waals surface area contributed by atoms with E-state index in [-0.39, 0.29) is 5.91 Å². The molecule has 0 spiro atoms. The lowest BCUT2D eigenvalue weighted by Crippen LogP contribution is -2.48. The molecule has 1 aliphatic heterocycles. The number of aliphatic hydroxyl groups excluding tert-OH is 1. The van der Waals surface area contributed by atoms with Crippen LogP contribution in [-0.2, 0) is 4.79 Å². The van der Waals surface area contributed by atoms with Crippen LogP contribution in [0.4, 0.5) is 5.69 Å². The van der Waals surface area contributed by atoms with Crippen molar-refractivity contribution < 1.29 is 9.90 Å². The van der Waals surface area contributed by atoms with Crippen LogP contribution in [0.5, 0.6) is 0 Å². The number of carbonyl (C=O) groups excluding carboxylic acids is 1. The van der Waals surface area contributed by atoms with Crippen molar-refractivity contribution in [3.8, 4) is 0 Å². The Balaban J connectivity index is 1.66. The lowest BCUT2D eigenvalue weighted by atomic mass is 10.1. The molecule has 1 aliphatic rings. The van der Waals surface area contributed by atoms with Crippen LogP contribution in [0.15, 0.2) is 41.8 Å². The summed E-state index contributed by atoms with van der Waals surface area (Å²) < 4.78 is 0. The monoisotopic (exact) mass is 316 g/mol. The molecule has 22 heavy (non-hydrogen) atoms. The van der Waals surface area contributed by atoms with Crippen LogP contribution in [0.2, 0.25) is 0 Å². The third-order valence-electron chi connectivity index (χ3n) is 4.11. The first-order valence-electron chi connectivity index (χ1n) is 7.47. The molecule has 1 saturated heterocycles. The van der Waals surface area contributed by atoms with Crippen molar-refractivity contribution in [2.24, 2.45) is 0 Å². The lowest BCUT2D eigenvalue weighted by Gasteiger charge is -2.35. The van der Waals surface area contributed by atoms with Gasteiger partial charge in [0.2, 0.25) is 5.91 Å². The van der Waals surface area contributed by atoms with Gasteiger partial charge in [0.25, 0.3) is 0 Å². The zero-order valence-electron chi connectivity index (χ0n) is 12.6. The van der Waals surface area contributed by atoms with Crippen LogP contribution >= 0.6 is 11.3 Å². The Hall–Kier alpha value is -1.85. The molecule has 0 bridgehead atoms. The van der Waals surface area contributed by atoms with Crippen molar-refractivity contribution >= 4 is 22.9 Å². The minimum Gasteiger partial charge on any atom is -0.383 e. The van der Waals surface area contributed by atoms with E-state index in [9.17, 15) is 9.90 Å². The van der Waals surface area contributed by atoms with E-state index in [0.717, 1.165) is 42.3 Å². The Morgan fingerprint density at radius 2 is 1.82 bits per heavy atom. The van der Waals surface area contributed by atoms with Gasteiger partial charge in [0, 0.05) is 43.7 Å². The topological polar surface area (TPSA) is 43.8 Å². The van der Waals surface area contributed by atoms with Crippen molar-refractivity contribution in [1.82, 2.24) is 4.90 Å². The van der Waals surface area contributed by atoms with E-state index in [1.807, 2.05) is 34.5 Å². The summed E-state index contributed by atoms with van der Waals surface area (Å²) in [6.45, 7) is 4.87. The maximum Gasteiger partial charge on any atom is 0.219 e. The fourth-order valence-electron chi connectivity index (χ4n) is 2.76. The molecule has 4 nitrogen and oxygen atoms in total. The molecular weight excluding hydrogens is 296 g/mol. The zero-order chi connectivity index (χ0) is 15.5. The standard InChI is InChI=1S/C17H20N2O2S/c1-13(20)18-8-10-19(11-9-18)15-6-4-14(5-7-15)17(21)16-3-2-12-22-16/h2-7,12,17,21H,8-11H2,1H3. The van der Waals surface area contributed by atoms with Crippen LogP contribution in [0.25, 0.3) is 0 Å². The van der Waals surface area contributed by atoms with Gasteiger partial charge in [-0.15, -0.1) is 11.3 Å². The Bertz CT molecular complexity index is 617. The maximum atomic E-state index is 11.4. The van der Waals surface area contributed by atoms with Crippen LogP contribution in [0, 0.1) is 0 Å². The highest BCUT2D eigenvalue weighted by Gasteiger charge is 2.19. The molecule has 1 N–H and O–H groups in total. The second kappa shape index (κ2) is 6.50. The van der Waals surface area contributed by atoms with Crippen LogP contribution in [0.1, 0.15) is 23.5 Å². The Labute approximate surface area is 134 Å². The van der Waals surface area contributed by atoms with E-state index in [4.69, 9.17) is 0 Å². The van der Waals surface area contributed by atoms with E-state index in [1.165, 1.54) is 0 Å². The Morgan fingerprint density at radius 3 is 2.36 bits per heavy atom. The molecule has 0 radical (unpaired) electrons. The van der Waals surface area contributed by atoms with E-state index < -0.39 is 6.10 Å². The maximum absolute atomic E-state index is 11.4. The fraction of sp³-hybridized carbons (Fsp3) is 0.353. The predicted octanol–water partition coefficient (Wildman–Crippen LogP) is 2.50. The normalized spacial score (nSPS) is 16.6. The van der Waals surface area contributed by atoms with Crippen LogP contribution in [-0.4, -0.2) is 42.1 Å². The number of aliphatic hydroxyl groups is 1. The van der Waals surface area contributed by atoms with Gasteiger partial charge in [0.1, 0.15) is 6.10 Å². The number of rotatable bonds is 3. The molecule has 1 amide bonds. The molecule has 116 valence electrons. The second-order valence-electron chi connectivity index (χ2n) is 5.50. The third-order valence-corrected chi connectivity index (χ3v) is 5.04. The van der Waals surface area contributed by atoms with Crippen molar-refractivity contribution in [3.63, 3.8) is 0 Å². The number of hydrogen-bond donors (Lipinski definition) is 1. The van der Waals surface area contributed by atoms with Gasteiger partial charge in [0.05, 0.1) is 0 Å². The molecule has 2 heterocycles. The highest BCUT2D eigenvalue weighted by molar-refractivity contribution is 7.10. The number of carbonyl (C=O) groups is 1. The number of nitrogens with zero attached hydrogens (tertiary/aromatic N) is 2. The van der Waals surface area contributed by atoms with Gasteiger partial charge < -0.3 is 14.9 Å². The first-order chi connectivity index (χ1) is 10.6. The summed E-state index contributed by atoms with van der Waals surface area (Å²) >= 11 is 1.56. The molecule has 2 aromatic rings. The molecule has 0 aliphatic carbocycles. The van der Waals surface area contributed by atoms with E-state index in [0.29, 0.717) is 0 Å². The van der Waals surface area contributed by atoms with E-state index >= 15 is 0 Å². The average Bonchev–Trinajstić information content (AvgIpc) is 3.09. The largest absolute Gasteiger partial charge is 0.383 e. The van der Waals surface area contributed by atoms with Gasteiger partial charge in [-0.3, -0.25) is 4.79 Å². The van der Waals surface area contributed by atoms with Gasteiger partial charge in [-0.2, -0.15) is 0 Å². The summed E-state index contributed by atoms with van der Waals surface area (Å²) in [5, 5.41) is 12.3. The molecule has 1 atom stereocenters. The summed E-state index contributed by atoms with van der Waals surface area (Å²) in [6, 6.07) is 12.0. The SMILES string of the molecule is CC(=O)N1CCN(c2ccc(C(O)c3cccs3)cc2)CC1. The molecule has 1 fully saturated rings. The van der Waals surface area contributed by atoms with E-state index in [1.54, 1.807) is 18.3 Å². The van der Waals surface area contributed by atoms with Gasteiger partial charge in [-0.1, -0.05) is 18.2 Å². The highest BCUT2D eigenvalue weighted by Crippen LogP contribution is 2.27. The summed E-state index contributed by atoms with van der Waals surface area (Å²) in [6.07, 6.45) is -0.552. The van der Waals surface area contributed by atoms with Crippen molar-refractivity contribution in [2.75, 3.05) is 31.1 Å². The highest BCUT2D eigenvalue weighted by atomic mass is 32.1. The van der Waals surface area contributed by atoms with Crippen molar-refractivity contribution in [3.05, 3.63) is 52.2 Å². The van der Waals surface area contributed by atoms with Crippen LogP contribution in [0.3, 0.4) is 0 Å². The summed E-state index contributed by atoms with van der Waals surface area (Å²) in [5.41, 5.74) is 2.05. The number of hydrogen-bond acceptors (Lipinski definition) is 4. The number of amides is 1. The molecule has 5 heteroatoms. The van der Waals surface area contributed by atoms with Gasteiger partial charge in [-0.05, 0) is 29.1 Å². The smallest absolute Gasteiger partial charge is 0.219 e. The lowest BCUT2D eigenvalue weighted by molar-refractivity contribution is -0.129. The Kier molecular flexibility index (Phi) is 4.45. The van der Waals surface area contributed by atoms with Crippen LogP contribution < -0.4 is 4.90 Å². The van der Waals surface area contributed by atoms with Gasteiger partial charge >= 0.3 is 0 Å². The number of piperazine rings is 1. The average molecular weight is 316 g/mol. The van der Waals surface area contributed by atoms with Crippen molar-refractivity contribution in [1.29, 1.82) is 0 Å². The summed E-state index contributed by atoms with van der Waals surface area (Å²) in [4.78, 5) is 16.5. The molecule has 1 aromatic heterocycles. The van der Waals surface area contributed by atoms with E-state index in [2.05, 4.69) is 17.0 Å². The second-order valence-corrected chi connectivity index (χ2v) is 6.48. The van der Waals surface area contributed by atoms with Gasteiger partial charge in [0.15, 0.2) is 0 Å². The molecule has 0 saturated carbocycles. The molecule has 1 aromatic carbocycles. The third kappa shape index (κ3) is 3.15.